The average molecular weight is 429 g/mol. The number of nitrogens with zero attached hydrogens (tertiary/aromatic N) is 1. The molecule has 0 aliphatic heterocycles. The number of imide groups is 1. The van der Waals surface area contributed by atoms with Crippen LogP contribution < -0.4 is 5.84 Å². The Morgan fingerprint density at radius 2 is 1.77 bits per heavy atom. The van der Waals surface area contributed by atoms with E-state index in [-0.39, 0.29) is 10.6 Å². The molecule has 2 aromatic carbocycles. The number of rotatable bonds is 2. The second-order valence-corrected chi connectivity index (χ2v) is 6.45. The largest absolute Gasteiger partial charge is 0.276 e. The first-order valence-corrected chi connectivity index (χ1v) is 7.93. The Balaban J connectivity index is 2.34. The summed E-state index contributed by atoms with van der Waals surface area (Å²) in [6.45, 7) is 3.68. The predicted molar refractivity (Wildman–Crippen MR) is 94.8 cm³/mol. The highest BCUT2D eigenvalue weighted by Gasteiger charge is 2.24. The van der Waals surface area contributed by atoms with Crippen LogP contribution >= 0.6 is 34.2 Å². The first-order chi connectivity index (χ1) is 10.3. The molecule has 114 valence electrons. The summed E-state index contributed by atoms with van der Waals surface area (Å²) < 4.78 is 0.929. The Labute approximate surface area is 147 Å². The lowest BCUT2D eigenvalue weighted by Crippen LogP contribution is -2.43. The molecule has 6 heteroatoms. The molecule has 2 N–H and O–H groups in total. The van der Waals surface area contributed by atoms with Gasteiger partial charge in [-0.15, -0.1) is 0 Å². The van der Waals surface area contributed by atoms with Crippen molar-refractivity contribution in [2.24, 2.45) is 5.84 Å². The number of hydrazine groups is 1. The van der Waals surface area contributed by atoms with Gasteiger partial charge in [0, 0.05) is 9.13 Å². The fourth-order valence-corrected chi connectivity index (χ4v) is 2.80. The van der Waals surface area contributed by atoms with Crippen LogP contribution in [0.2, 0.25) is 5.02 Å². The third-order valence-electron chi connectivity index (χ3n) is 3.29. The molecule has 0 fully saturated rings. The molecular weight excluding hydrogens is 415 g/mol. The lowest BCUT2D eigenvalue weighted by molar-refractivity contribution is 0.0615. The van der Waals surface area contributed by atoms with Crippen molar-refractivity contribution in [1.29, 1.82) is 0 Å². The molecule has 2 amide bonds. The van der Waals surface area contributed by atoms with Crippen molar-refractivity contribution in [3.05, 3.63) is 67.2 Å². The van der Waals surface area contributed by atoms with E-state index in [4.69, 9.17) is 17.4 Å². The van der Waals surface area contributed by atoms with E-state index >= 15 is 0 Å². The van der Waals surface area contributed by atoms with Gasteiger partial charge in [-0.3, -0.25) is 9.59 Å². The number of hydrogen-bond donors (Lipinski definition) is 1. The highest BCUT2D eigenvalue weighted by Crippen LogP contribution is 2.21. The normalized spacial score (nSPS) is 10.4. The van der Waals surface area contributed by atoms with Crippen LogP contribution in [0.5, 0.6) is 0 Å². The molecule has 2 aromatic rings. The Hall–Kier alpha value is -1.44. The molecule has 0 aliphatic rings. The Morgan fingerprint density at radius 1 is 1.09 bits per heavy atom. The molecule has 0 bridgehead atoms. The van der Waals surface area contributed by atoms with E-state index in [1.54, 1.807) is 37.3 Å². The van der Waals surface area contributed by atoms with Gasteiger partial charge < -0.3 is 0 Å². The highest BCUT2D eigenvalue weighted by atomic mass is 127. The molecule has 0 saturated heterocycles. The first-order valence-electron chi connectivity index (χ1n) is 6.47. The van der Waals surface area contributed by atoms with E-state index in [2.05, 4.69) is 22.6 Å². The monoisotopic (exact) mass is 428 g/mol. The van der Waals surface area contributed by atoms with E-state index in [9.17, 15) is 9.59 Å². The van der Waals surface area contributed by atoms with Crippen LogP contribution in [-0.4, -0.2) is 16.8 Å². The Bertz CT molecular complexity index is 742. The van der Waals surface area contributed by atoms with Crippen molar-refractivity contribution in [3.8, 4) is 0 Å². The predicted octanol–water partition coefficient (Wildman–Crippen LogP) is 3.72. The quantitative estimate of drug-likeness (QED) is 0.261. The molecule has 4 nitrogen and oxygen atoms in total. The molecule has 0 atom stereocenters. The van der Waals surface area contributed by atoms with Crippen molar-refractivity contribution >= 4 is 46.0 Å². The van der Waals surface area contributed by atoms with Crippen molar-refractivity contribution in [2.75, 3.05) is 0 Å². The third kappa shape index (κ3) is 3.31. The number of halogens is 2. The smallest absolute Gasteiger partial charge is 0.267 e. The minimum absolute atomic E-state index is 0.238. The van der Waals surface area contributed by atoms with Gasteiger partial charge in [-0.05, 0) is 65.8 Å². The van der Waals surface area contributed by atoms with Gasteiger partial charge in [0.2, 0.25) is 0 Å². The molecule has 0 heterocycles. The van der Waals surface area contributed by atoms with Crippen LogP contribution in [0.1, 0.15) is 31.8 Å². The summed E-state index contributed by atoms with van der Waals surface area (Å²) in [5, 5.41) is 0.876. The van der Waals surface area contributed by atoms with E-state index in [0.717, 1.165) is 9.13 Å². The second-order valence-electron chi connectivity index (χ2n) is 4.88. The Morgan fingerprint density at radius 3 is 2.36 bits per heavy atom. The third-order valence-corrected chi connectivity index (χ3v) is 4.77. The number of benzene rings is 2. The molecule has 0 unspecified atom stereocenters. The number of hydrogen-bond acceptors (Lipinski definition) is 3. The van der Waals surface area contributed by atoms with Crippen LogP contribution in [0.3, 0.4) is 0 Å². The SMILES string of the molecule is Cc1ccc(C(=O)N(N)C(=O)c2c(C)cccc2Cl)cc1I. The number of carbonyl (C=O) groups excluding carboxylic acids is 2. The summed E-state index contributed by atoms with van der Waals surface area (Å²) in [7, 11) is 0. The maximum Gasteiger partial charge on any atom is 0.276 e. The summed E-state index contributed by atoms with van der Waals surface area (Å²) in [4.78, 5) is 24.8. The zero-order valence-electron chi connectivity index (χ0n) is 12.1. The van der Waals surface area contributed by atoms with Crippen molar-refractivity contribution in [1.82, 2.24) is 5.01 Å². The van der Waals surface area contributed by atoms with E-state index in [1.165, 1.54) is 0 Å². The van der Waals surface area contributed by atoms with E-state index < -0.39 is 11.8 Å². The fourth-order valence-electron chi connectivity index (χ4n) is 1.98. The van der Waals surface area contributed by atoms with Gasteiger partial charge in [-0.1, -0.05) is 29.8 Å². The van der Waals surface area contributed by atoms with E-state index in [1.807, 2.05) is 13.0 Å². The summed E-state index contributed by atoms with van der Waals surface area (Å²) in [6, 6.07) is 10.2. The fraction of sp³-hybridized carbons (Fsp3) is 0.125. The first kappa shape index (κ1) is 16.9. The van der Waals surface area contributed by atoms with E-state index in [0.29, 0.717) is 16.1 Å². The molecule has 0 spiro atoms. The van der Waals surface area contributed by atoms with Gasteiger partial charge in [0.1, 0.15) is 0 Å². The molecule has 2 rings (SSSR count). The number of carbonyl (C=O) groups is 2. The van der Waals surface area contributed by atoms with Crippen molar-refractivity contribution < 1.29 is 9.59 Å². The summed E-state index contributed by atoms with van der Waals surface area (Å²) >= 11 is 8.18. The van der Waals surface area contributed by atoms with Crippen molar-refractivity contribution in [2.45, 2.75) is 13.8 Å². The lowest BCUT2D eigenvalue weighted by atomic mass is 10.1. The highest BCUT2D eigenvalue weighted by molar-refractivity contribution is 14.1. The maximum atomic E-state index is 12.4. The number of aryl methyl sites for hydroxylation is 2. The summed E-state index contributed by atoms with van der Waals surface area (Å²) in [6.07, 6.45) is 0. The van der Waals surface area contributed by atoms with Crippen LogP contribution in [-0.2, 0) is 0 Å². The summed E-state index contributed by atoms with van der Waals surface area (Å²) in [5.74, 6) is 4.53. The summed E-state index contributed by atoms with van der Waals surface area (Å²) in [5.41, 5.74) is 2.31. The lowest BCUT2D eigenvalue weighted by Gasteiger charge is -2.17. The number of amides is 2. The molecule has 0 radical (unpaired) electrons. The van der Waals surface area contributed by atoms with Gasteiger partial charge in [0.15, 0.2) is 0 Å². The van der Waals surface area contributed by atoms with Crippen LogP contribution in [0.25, 0.3) is 0 Å². The standard InChI is InChI=1S/C16H14ClIN2O2/c1-9-6-7-11(8-13(9)18)15(21)20(19)16(22)14-10(2)4-3-5-12(14)17/h3-8H,19H2,1-2H3. The van der Waals surface area contributed by atoms with Crippen LogP contribution in [0.15, 0.2) is 36.4 Å². The van der Waals surface area contributed by atoms with Crippen molar-refractivity contribution in [3.63, 3.8) is 0 Å². The Kier molecular flexibility index (Phi) is 5.20. The van der Waals surface area contributed by atoms with Crippen LogP contribution in [0, 0.1) is 17.4 Å². The molecule has 0 aliphatic carbocycles. The molecule has 22 heavy (non-hydrogen) atoms. The maximum absolute atomic E-state index is 12.4. The van der Waals surface area contributed by atoms with Gasteiger partial charge in [-0.25, -0.2) is 10.9 Å². The topological polar surface area (TPSA) is 63.4 Å². The van der Waals surface area contributed by atoms with Crippen LogP contribution in [0.4, 0.5) is 0 Å². The zero-order valence-corrected chi connectivity index (χ0v) is 15.0. The zero-order chi connectivity index (χ0) is 16.4. The minimum Gasteiger partial charge on any atom is -0.267 e. The average Bonchev–Trinajstić information content (AvgIpc) is 2.48. The van der Waals surface area contributed by atoms with Gasteiger partial charge in [0.05, 0.1) is 10.6 Å². The molecular formula is C16H14ClIN2O2. The molecule has 0 aromatic heterocycles. The minimum atomic E-state index is -0.622. The van der Waals surface area contributed by atoms with Gasteiger partial charge in [0.25, 0.3) is 11.8 Å². The molecule has 0 saturated carbocycles. The van der Waals surface area contributed by atoms with Gasteiger partial charge >= 0.3 is 0 Å². The van der Waals surface area contributed by atoms with Gasteiger partial charge in [-0.2, -0.15) is 0 Å². The number of nitrogens with two attached hydrogens (primary N) is 1. The second kappa shape index (κ2) is 6.76.